The summed E-state index contributed by atoms with van der Waals surface area (Å²) >= 11 is 29.6. The molecule has 2 rings (SSSR count). The van der Waals surface area contributed by atoms with Crippen LogP contribution >= 0.6 is 58.0 Å². The van der Waals surface area contributed by atoms with E-state index in [1.807, 2.05) is 6.07 Å². The SMILES string of the molecule is O=c1nc(Cl)ccn1C(=N[C@@H](Cl)c1ccccc1)C(Cl)(Cl)Cl. The third-order valence-electron chi connectivity index (χ3n) is 2.56. The molecule has 1 aromatic carbocycles. The maximum absolute atomic E-state index is 11.9. The number of hydrogen-bond acceptors (Lipinski definition) is 3. The highest BCUT2D eigenvalue weighted by atomic mass is 35.6. The Kier molecular flexibility index (Phi) is 5.75. The lowest BCUT2D eigenvalue weighted by molar-refractivity contribution is 0.906. The summed E-state index contributed by atoms with van der Waals surface area (Å²) in [5.41, 5.74) is -0.880. The number of aliphatic imine (C=N–C) groups is 1. The van der Waals surface area contributed by atoms with Gasteiger partial charge in [0.2, 0.25) is 3.79 Å². The smallest absolute Gasteiger partial charge is 0.251 e. The van der Waals surface area contributed by atoms with Crippen LogP contribution in [0.2, 0.25) is 5.15 Å². The van der Waals surface area contributed by atoms with Crippen molar-refractivity contribution < 1.29 is 0 Å². The van der Waals surface area contributed by atoms with E-state index in [4.69, 9.17) is 58.0 Å². The standard InChI is InChI=1S/C13H8Cl5N3O/c14-9-6-7-21(12(22)19-9)11(13(16,17)18)20-10(15)8-4-2-1-3-5-8/h1-7,10H/t10-/m1/s1. The van der Waals surface area contributed by atoms with Crippen molar-refractivity contribution in [2.75, 3.05) is 0 Å². The van der Waals surface area contributed by atoms with Gasteiger partial charge in [-0.15, -0.1) is 0 Å². The molecule has 9 heteroatoms. The van der Waals surface area contributed by atoms with Gasteiger partial charge in [0.25, 0.3) is 0 Å². The third-order valence-corrected chi connectivity index (χ3v) is 3.63. The van der Waals surface area contributed by atoms with Crippen molar-refractivity contribution in [3.8, 4) is 0 Å². The second kappa shape index (κ2) is 7.20. The van der Waals surface area contributed by atoms with Gasteiger partial charge in [-0.25, -0.2) is 9.79 Å². The second-order valence-electron chi connectivity index (χ2n) is 4.10. The molecule has 1 heterocycles. The van der Waals surface area contributed by atoms with E-state index in [1.165, 1.54) is 12.3 Å². The Morgan fingerprint density at radius 2 is 1.82 bits per heavy atom. The van der Waals surface area contributed by atoms with Gasteiger partial charge in [-0.3, -0.25) is 4.57 Å². The highest BCUT2D eigenvalue weighted by molar-refractivity contribution is 6.76. The predicted octanol–water partition coefficient (Wildman–Crippen LogP) is 4.45. The van der Waals surface area contributed by atoms with E-state index in [0.717, 1.165) is 4.57 Å². The summed E-state index contributed by atoms with van der Waals surface area (Å²) in [6.07, 6.45) is 1.31. The molecule has 1 aromatic heterocycles. The number of aromatic nitrogens is 2. The van der Waals surface area contributed by atoms with Gasteiger partial charge in [0, 0.05) is 6.20 Å². The van der Waals surface area contributed by atoms with Crippen LogP contribution in [0.25, 0.3) is 0 Å². The fraction of sp³-hybridized carbons (Fsp3) is 0.154. The van der Waals surface area contributed by atoms with Crippen LogP contribution in [-0.2, 0) is 0 Å². The Morgan fingerprint density at radius 1 is 1.18 bits per heavy atom. The minimum absolute atomic E-state index is 0.0235. The lowest BCUT2D eigenvalue weighted by Crippen LogP contribution is -2.37. The zero-order valence-electron chi connectivity index (χ0n) is 10.8. The van der Waals surface area contributed by atoms with Crippen molar-refractivity contribution in [3.63, 3.8) is 0 Å². The summed E-state index contributed by atoms with van der Waals surface area (Å²) in [5.74, 6) is -0.171. The molecular weight excluding hydrogens is 391 g/mol. The molecule has 0 aliphatic rings. The highest BCUT2D eigenvalue weighted by Crippen LogP contribution is 2.31. The Labute approximate surface area is 151 Å². The molecule has 0 bridgehead atoms. The molecule has 4 nitrogen and oxygen atoms in total. The molecule has 0 radical (unpaired) electrons. The maximum Gasteiger partial charge on any atom is 0.354 e. The normalized spacial score (nSPS) is 14.0. The van der Waals surface area contributed by atoms with Crippen molar-refractivity contribution >= 4 is 63.8 Å². The number of hydrogen-bond donors (Lipinski definition) is 0. The first-order valence-electron chi connectivity index (χ1n) is 5.88. The van der Waals surface area contributed by atoms with E-state index in [-0.39, 0.29) is 11.0 Å². The molecule has 1 atom stereocenters. The number of benzene rings is 1. The molecule has 0 N–H and O–H groups in total. The van der Waals surface area contributed by atoms with Crippen LogP contribution in [0.3, 0.4) is 0 Å². The van der Waals surface area contributed by atoms with E-state index in [2.05, 4.69) is 9.98 Å². The fourth-order valence-electron chi connectivity index (χ4n) is 1.61. The van der Waals surface area contributed by atoms with Crippen LogP contribution < -0.4 is 5.69 Å². The van der Waals surface area contributed by atoms with Gasteiger partial charge in [0.05, 0.1) is 0 Å². The number of rotatable bonds is 2. The van der Waals surface area contributed by atoms with Gasteiger partial charge in [0.15, 0.2) is 11.3 Å². The minimum Gasteiger partial charge on any atom is -0.251 e. The number of nitrogens with zero attached hydrogens (tertiary/aromatic N) is 3. The first-order chi connectivity index (χ1) is 10.3. The Morgan fingerprint density at radius 3 is 2.36 bits per heavy atom. The lowest BCUT2D eigenvalue weighted by Gasteiger charge is -2.18. The van der Waals surface area contributed by atoms with Gasteiger partial charge in [0.1, 0.15) is 5.15 Å². The van der Waals surface area contributed by atoms with Crippen LogP contribution in [-0.4, -0.2) is 19.2 Å². The Balaban J connectivity index is 2.52. The van der Waals surface area contributed by atoms with Crippen LogP contribution in [0, 0.1) is 0 Å². The molecule has 0 unspecified atom stereocenters. The summed E-state index contributed by atoms with van der Waals surface area (Å²) in [5, 5.41) is 0.0235. The molecule has 2 aromatic rings. The molecule has 22 heavy (non-hydrogen) atoms. The molecule has 0 amide bonds. The minimum atomic E-state index is -1.97. The van der Waals surface area contributed by atoms with Crippen molar-refractivity contribution in [2.45, 2.75) is 9.29 Å². The van der Waals surface area contributed by atoms with Crippen LogP contribution in [0.1, 0.15) is 11.1 Å². The van der Waals surface area contributed by atoms with Gasteiger partial charge in [-0.2, -0.15) is 4.98 Å². The summed E-state index contributed by atoms with van der Waals surface area (Å²) in [6.45, 7) is 0. The van der Waals surface area contributed by atoms with Crippen molar-refractivity contribution in [2.24, 2.45) is 4.99 Å². The van der Waals surface area contributed by atoms with Gasteiger partial charge in [-0.05, 0) is 11.6 Å². The van der Waals surface area contributed by atoms with E-state index >= 15 is 0 Å². The quantitative estimate of drug-likeness (QED) is 0.246. The van der Waals surface area contributed by atoms with Gasteiger partial charge >= 0.3 is 5.69 Å². The Hall–Kier alpha value is -0.780. The topological polar surface area (TPSA) is 47.2 Å². The van der Waals surface area contributed by atoms with E-state index < -0.39 is 15.0 Å². The van der Waals surface area contributed by atoms with E-state index in [9.17, 15) is 4.79 Å². The summed E-state index contributed by atoms with van der Waals surface area (Å²) < 4.78 is -0.988. The largest absolute Gasteiger partial charge is 0.354 e. The lowest BCUT2D eigenvalue weighted by atomic mass is 10.2. The predicted molar refractivity (Wildman–Crippen MR) is 91.7 cm³/mol. The summed E-state index contributed by atoms with van der Waals surface area (Å²) in [7, 11) is 0. The van der Waals surface area contributed by atoms with Crippen molar-refractivity contribution in [3.05, 3.63) is 63.8 Å². The monoisotopic (exact) mass is 397 g/mol. The van der Waals surface area contributed by atoms with Crippen molar-refractivity contribution in [1.29, 1.82) is 0 Å². The van der Waals surface area contributed by atoms with Crippen molar-refractivity contribution in [1.82, 2.24) is 9.55 Å². The number of alkyl halides is 4. The summed E-state index contributed by atoms with van der Waals surface area (Å²) in [4.78, 5) is 19.6. The first-order valence-corrected chi connectivity index (χ1v) is 7.83. The molecule has 0 fully saturated rings. The van der Waals surface area contributed by atoms with Crippen LogP contribution in [0.4, 0.5) is 0 Å². The van der Waals surface area contributed by atoms with Gasteiger partial charge < -0.3 is 0 Å². The molecule has 0 spiro atoms. The van der Waals surface area contributed by atoms with Gasteiger partial charge in [-0.1, -0.05) is 88.3 Å². The Bertz CT molecular complexity index is 739. The molecule has 0 saturated carbocycles. The van der Waals surface area contributed by atoms with E-state index in [1.54, 1.807) is 24.3 Å². The average molecular weight is 399 g/mol. The first kappa shape index (κ1) is 17.6. The zero-order chi connectivity index (χ0) is 16.3. The molecule has 0 aliphatic carbocycles. The van der Waals surface area contributed by atoms with E-state index in [0.29, 0.717) is 5.56 Å². The van der Waals surface area contributed by atoms with Crippen LogP contribution in [0.15, 0.2) is 52.4 Å². The zero-order valence-corrected chi connectivity index (χ0v) is 14.5. The highest BCUT2D eigenvalue weighted by Gasteiger charge is 2.31. The molecule has 0 saturated heterocycles. The molecular formula is C13H8Cl5N3O. The van der Waals surface area contributed by atoms with Crippen LogP contribution in [0.5, 0.6) is 0 Å². The fourth-order valence-corrected chi connectivity index (χ4v) is 2.40. The molecule has 0 aliphatic heterocycles. The summed E-state index contributed by atoms with van der Waals surface area (Å²) in [6, 6.07) is 10.3. The second-order valence-corrected chi connectivity index (χ2v) is 7.18. The average Bonchev–Trinajstić information content (AvgIpc) is 2.45. The maximum atomic E-state index is 11.9. The third kappa shape index (κ3) is 4.37. The molecule has 116 valence electrons. The number of halogens is 5.